The molecular weight excluding hydrogens is 679 g/mol. The van der Waals surface area contributed by atoms with Crippen LogP contribution in [0, 0.1) is 56.7 Å². The molecule has 1 saturated heterocycles. The molecule has 10 atom stereocenters. The van der Waals surface area contributed by atoms with Gasteiger partial charge in [0, 0.05) is 30.9 Å². The van der Waals surface area contributed by atoms with Gasteiger partial charge in [0.25, 0.3) is 0 Å². The van der Waals surface area contributed by atoms with Gasteiger partial charge >= 0.3 is 5.97 Å². The third-order valence-corrected chi connectivity index (χ3v) is 18.5. The molecule has 6 nitrogen and oxygen atoms in total. The van der Waals surface area contributed by atoms with Crippen LogP contribution in [-0.2, 0) is 4.79 Å². The Bertz CT molecular complexity index is 1680. The third kappa shape index (κ3) is 6.32. The highest BCUT2D eigenvalue weighted by Crippen LogP contribution is 2.76. The summed E-state index contributed by atoms with van der Waals surface area (Å²) in [6.45, 7) is 25.3. The van der Waals surface area contributed by atoms with Gasteiger partial charge in [-0.15, -0.1) is 0 Å². The fourth-order valence-electron chi connectivity index (χ4n) is 15.4. The normalized spacial score (nSPS) is 42.5. The molecule has 0 bridgehead atoms. The van der Waals surface area contributed by atoms with Gasteiger partial charge in [0.05, 0.1) is 0 Å². The van der Waals surface area contributed by atoms with E-state index < -0.39 is 11.4 Å². The molecule has 1 aromatic heterocycles. The van der Waals surface area contributed by atoms with Crippen molar-refractivity contribution in [3.05, 3.63) is 59.8 Å². The van der Waals surface area contributed by atoms with Crippen LogP contribution in [0.4, 0.5) is 0 Å². The summed E-state index contributed by atoms with van der Waals surface area (Å²) in [7, 11) is 0. The summed E-state index contributed by atoms with van der Waals surface area (Å²) in [4.78, 5) is 19.7. The van der Waals surface area contributed by atoms with Gasteiger partial charge in [0.15, 0.2) is 0 Å². The van der Waals surface area contributed by atoms with E-state index in [-0.39, 0.29) is 23.0 Å². The summed E-state index contributed by atoms with van der Waals surface area (Å²) in [6, 6.07) is 5.53. The second-order valence-electron chi connectivity index (χ2n) is 21.2. The van der Waals surface area contributed by atoms with E-state index in [0.29, 0.717) is 53.2 Å². The number of piperidine rings is 1. The van der Waals surface area contributed by atoms with Crippen LogP contribution < -0.4 is 10.1 Å². The molecule has 0 radical (unpaired) electrons. The molecule has 4 saturated carbocycles. The summed E-state index contributed by atoms with van der Waals surface area (Å²) in [5.74, 6) is 3.15. The number of aromatic nitrogens is 1. The number of nitrogens with one attached hydrogen (secondary N) is 1. The van der Waals surface area contributed by atoms with E-state index in [1.165, 1.54) is 107 Å². The highest BCUT2D eigenvalue weighted by Gasteiger charge is 2.70. The van der Waals surface area contributed by atoms with Crippen LogP contribution in [-0.4, -0.2) is 59.3 Å². The molecule has 0 aromatic carbocycles. The summed E-state index contributed by atoms with van der Waals surface area (Å²) in [5, 5.41) is 14.8. The van der Waals surface area contributed by atoms with Crippen molar-refractivity contribution in [1.82, 2.24) is 15.2 Å². The van der Waals surface area contributed by atoms with Gasteiger partial charge in [-0.25, -0.2) is 4.98 Å². The van der Waals surface area contributed by atoms with Crippen LogP contribution in [0.5, 0.6) is 5.88 Å². The van der Waals surface area contributed by atoms with E-state index in [0.717, 1.165) is 25.3 Å². The van der Waals surface area contributed by atoms with E-state index in [9.17, 15) is 9.90 Å². The molecule has 5 fully saturated rings. The van der Waals surface area contributed by atoms with Crippen LogP contribution in [0.15, 0.2) is 59.8 Å². The minimum atomic E-state index is -0.918. The fourth-order valence-corrected chi connectivity index (χ4v) is 15.4. The number of hydrogen-bond donors (Lipinski definition) is 2. The molecule has 0 unspecified atom stereocenters. The van der Waals surface area contributed by atoms with Crippen molar-refractivity contribution in [3.63, 3.8) is 0 Å². The number of hydrogen-bond acceptors (Lipinski definition) is 5. The Hall–Kier alpha value is -2.44. The lowest BCUT2D eigenvalue weighted by molar-refractivity contribution is -0.221. The highest BCUT2D eigenvalue weighted by molar-refractivity contribution is 5.75. The van der Waals surface area contributed by atoms with Gasteiger partial charge < -0.3 is 20.1 Å². The molecule has 55 heavy (non-hydrogen) atoms. The standard InChI is InChI=1S/C49H73N3O3/c1-34(2)36-18-25-49(51-29-32-52-30-11-8-12-31-52)27-26-46(6)38(42(36)49)14-15-40-45(5)21-19-37(44(3,4)39(45)20-22-47(40,46)7)35-16-23-48(24-17-35,43(53)54)33-55-41-13-9-10-28-50-41/h9-10,13,16,19,28,36,38-40,42,51H,1,8,11-12,14-15,17-18,20-27,29-33H2,2-7H3,(H,53,54)/t36-,38+,39-,40+,42+,45-,46+,47+,48-,49-/m0/s1. The maximum atomic E-state index is 12.7. The number of carbonyl (C=O) groups is 1. The third-order valence-electron chi connectivity index (χ3n) is 18.5. The van der Waals surface area contributed by atoms with Gasteiger partial charge in [-0.1, -0.05) is 71.4 Å². The van der Waals surface area contributed by atoms with Crippen LogP contribution in [0.2, 0.25) is 0 Å². The van der Waals surface area contributed by atoms with Crippen molar-refractivity contribution in [2.24, 2.45) is 56.7 Å². The maximum Gasteiger partial charge on any atom is 0.313 e. The minimum absolute atomic E-state index is 0.0437. The van der Waals surface area contributed by atoms with E-state index in [2.05, 4.69) is 75.5 Å². The van der Waals surface area contributed by atoms with E-state index in [1.54, 1.807) is 12.3 Å². The van der Waals surface area contributed by atoms with Crippen LogP contribution >= 0.6 is 0 Å². The van der Waals surface area contributed by atoms with Crippen molar-refractivity contribution >= 4 is 5.97 Å². The fraction of sp³-hybridized carbons (Fsp3) is 0.755. The van der Waals surface area contributed by atoms with E-state index in [1.807, 2.05) is 12.1 Å². The zero-order chi connectivity index (χ0) is 38.9. The van der Waals surface area contributed by atoms with Crippen molar-refractivity contribution < 1.29 is 14.6 Å². The van der Waals surface area contributed by atoms with E-state index in [4.69, 9.17) is 4.74 Å². The lowest BCUT2D eigenvalue weighted by atomic mass is 9.33. The first-order chi connectivity index (χ1) is 26.2. The minimum Gasteiger partial charge on any atom is -0.481 e. The number of carboxylic acids is 1. The Balaban J connectivity index is 1.02. The van der Waals surface area contributed by atoms with Crippen LogP contribution in [0.1, 0.15) is 138 Å². The zero-order valence-corrected chi connectivity index (χ0v) is 35.4. The first-order valence-corrected chi connectivity index (χ1v) is 22.5. The molecule has 8 rings (SSSR count). The van der Waals surface area contributed by atoms with Gasteiger partial charge in [-0.2, -0.15) is 0 Å². The lowest BCUT2D eigenvalue weighted by Crippen LogP contribution is -2.68. The Morgan fingerprint density at radius 1 is 0.927 bits per heavy atom. The van der Waals surface area contributed by atoms with Crippen LogP contribution in [0.25, 0.3) is 0 Å². The molecule has 6 aliphatic carbocycles. The molecule has 6 heteroatoms. The quantitative estimate of drug-likeness (QED) is 0.232. The molecule has 2 heterocycles. The SMILES string of the molecule is C=C(C)[C@@H]1CC[C@]2(NCCN3CCCCC3)CC[C@]3(C)[C@H](CC[C@@H]4[C@@]5(C)CC=C(C6=CC[C@](COc7ccccn7)(C(=O)O)CC6)C(C)(C)[C@@H]5CC[C@]43C)[C@@H]12. The molecule has 2 N–H and O–H groups in total. The maximum absolute atomic E-state index is 12.7. The molecule has 0 amide bonds. The first-order valence-electron chi connectivity index (χ1n) is 22.5. The monoisotopic (exact) mass is 752 g/mol. The Morgan fingerprint density at radius 3 is 2.42 bits per heavy atom. The Kier molecular flexibility index (Phi) is 10.3. The van der Waals surface area contributed by atoms with Gasteiger partial charge in [-0.3, -0.25) is 4.79 Å². The molecule has 302 valence electrons. The number of nitrogens with zero attached hydrogens (tertiary/aromatic N) is 2. The van der Waals surface area contributed by atoms with Crippen molar-refractivity contribution in [1.29, 1.82) is 0 Å². The molecule has 1 aliphatic heterocycles. The highest BCUT2D eigenvalue weighted by atomic mass is 16.5. The number of pyridine rings is 1. The van der Waals surface area contributed by atoms with Crippen LogP contribution in [0.3, 0.4) is 0 Å². The summed E-state index contributed by atoms with van der Waals surface area (Å²) in [5.41, 5.74) is 4.63. The summed E-state index contributed by atoms with van der Waals surface area (Å²) in [6.07, 6.45) is 24.4. The average molecular weight is 752 g/mol. The van der Waals surface area contributed by atoms with Crippen molar-refractivity contribution in [2.45, 2.75) is 143 Å². The smallest absolute Gasteiger partial charge is 0.313 e. The topological polar surface area (TPSA) is 74.7 Å². The second-order valence-corrected chi connectivity index (χ2v) is 21.2. The number of carboxylic acid groups (broad SMARTS) is 1. The van der Waals surface area contributed by atoms with Gasteiger partial charge in [0.1, 0.15) is 12.0 Å². The number of rotatable bonds is 10. The molecule has 0 spiro atoms. The molecular formula is C49H73N3O3. The number of ether oxygens (including phenoxy) is 1. The number of aliphatic carboxylic acids is 1. The van der Waals surface area contributed by atoms with Gasteiger partial charge in [-0.05, 0) is 178 Å². The van der Waals surface area contributed by atoms with Crippen molar-refractivity contribution in [3.8, 4) is 5.88 Å². The predicted octanol–water partition coefficient (Wildman–Crippen LogP) is 10.7. The largest absolute Gasteiger partial charge is 0.481 e. The second kappa shape index (κ2) is 14.4. The first kappa shape index (κ1) is 39.4. The number of likely N-dealkylation sites (tertiary alicyclic amines) is 1. The lowest BCUT2D eigenvalue weighted by Gasteiger charge is -2.72. The van der Waals surface area contributed by atoms with E-state index >= 15 is 0 Å². The zero-order valence-electron chi connectivity index (χ0n) is 35.4. The Morgan fingerprint density at radius 2 is 1.73 bits per heavy atom. The summed E-state index contributed by atoms with van der Waals surface area (Å²) < 4.78 is 5.96. The number of allylic oxidation sites excluding steroid dienone is 5. The summed E-state index contributed by atoms with van der Waals surface area (Å²) >= 11 is 0. The molecule has 1 aromatic rings. The predicted molar refractivity (Wildman–Crippen MR) is 223 cm³/mol. The van der Waals surface area contributed by atoms with Gasteiger partial charge in [0.2, 0.25) is 5.88 Å². The van der Waals surface area contributed by atoms with Crippen molar-refractivity contribution in [2.75, 3.05) is 32.8 Å². The average Bonchev–Trinajstić information content (AvgIpc) is 3.55. The Labute approximate surface area is 333 Å². The molecule has 7 aliphatic rings. The number of fused-ring (bicyclic) bond motifs is 7.